The van der Waals surface area contributed by atoms with E-state index < -0.39 is 0 Å². The standard InChI is InChI=1S/C21H28N2OS/c1-15(2)23(21(24)20-12-16(3)17(4)25-20)19-10-11-22(14-19)13-18-8-6-5-7-9-18/h5-9,12,15,19H,10-11,13-14H2,1-4H3. The van der Waals surface area contributed by atoms with Crippen molar-refractivity contribution in [3.05, 3.63) is 57.3 Å². The van der Waals surface area contributed by atoms with Crippen molar-refractivity contribution in [2.75, 3.05) is 13.1 Å². The highest BCUT2D eigenvalue weighted by Crippen LogP contribution is 2.26. The van der Waals surface area contributed by atoms with Crippen LogP contribution in [0.5, 0.6) is 0 Å². The van der Waals surface area contributed by atoms with Gasteiger partial charge in [-0.15, -0.1) is 11.3 Å². The van der Waals surface area contributed by atoms with E-state index in [9.17, 15) is 4.79 Å². The quantitative estimate of drug-likeness (QED) is 0.788. The van der Waals surface area contributed by atoms with E-state index in [1.165, 1.54) is 16.0 Å². The molecule has 0 N–H and O–H groups in total. The predicted molar refractivity (Wildman–Crippen MR) is 105 cm³/mol. The van der Waals surface area contributed by atoms with Gasteiger partial charge in [-0.05, 0) is 51.3 Å². The fourth-order valence-corrected chi connectivity index (χ4v) is 4.63. The minimum Gasteiger partial charge on any atom is -0.331 e. The van der Waals surface area contributed by atoms with Gasteiger partial charge in [0.15, 0.2) is 0 Å². The lowest BCUT2D eigenvalue weighted by molar-refractivity contribution is 0.0618. The highest BCUT2D eigenvalue weighted by atomic mass is 32.1. The summed E-state index contributed by atoms with van der Waals surface area (Å²) in [5.41, 5.74) is 2.56. The maximum absolute atomic E-state index is 13.1. The van der Waals surface area contributed by atoms with Gasteiger partial charge in [-0.1, -0.05) is 30.3 Å². The molecular weight excluding hydrogens is 328 g/mol. The lowest BCUT2D eigenvalue weighted by Gasteiger charge is -2.32. The predicted octanol–water partition coefficient (Wildman–Crippen LogP) is 4.49. The molecule has 134 valence electrons. The van der Waals surface area contributed by atoms with Crippen molar-refractivity contribution in [3.8, 4) is 0 Å². The minimum atomic E-state index is 0.197. The first-order valence-corrected chi connectivity index (χ1v) is 9.93. The van der Waals surface area contributed by atoms with Crippen LogP contribution in [0.25, 0.3) is 0 Å². The minimum absolute atomic E-state index is 0.197. The molecule has 0 radical (unpaired) electrons. The fraction of sp³-hybridized carbons (Fsp3) is 0.476. The fourth-order valence-electron chi connectivity index (χ4n) is 3.65. The highest BCUT2D eigenvalue weighted by Gasteiger charge is 2.33. The number of thiophene rings is 1. The van der Waals surface area contributed by atoms with Crippen LogP contribution in [-0.2, 0) is 6.54 Å². The molecule has 1 aromatic heterocycles. The van der Waals surface area contributed by atoms with Crippen molar-refractivity contribution in [2.24, 2.45) is 0 Å². The Bertz CT molecular complexity index is 703. The van der Waals surface area contributed by atoms with E-state index in [0.717, 1.165) is 30.9 Å². The number of nitrogens with zero attached hydrogens (tertiary/aromatic N) is 2. The third-order valence-electron chi connectivity index (χ3n) is 5.06. The molecule has 1 saturated heterocycles. The molecule has 1 atom stereocenters. The Morgan fingerprint density at radius 2 is 2.00 bits per heavy atom. The van der Waals surface area contributed by atoms with Crippen molar-refractivity contribution >= 4 is 17.2 Å². The van der Waals surface area contributed by atoms with Crippen LogP contribution >= 0.6 is 11.3 Å². The Labute approximate surface area is 155 Å². The topological polar surface area (TPSA) is 23.6 Å². The molecule has 2 heterocycles. The van der Waals surface area contributed by atoms with Crippen LogP contribution < -0.4 is 0 Å². The van der Waals surface area contributed by atoms with Gasteiger partial charge in [-0.3, -0.25) is 9.69 Å². The number of hydrogen-bond donors (Lipinski definition) is 0. The molecule has 1 aromatic carbocycles. The van der Waals surface area contributed by atoms with Gasteiger partial charge in [0.2, 0.25) is 0 Å². The van der Waals surface area contributed by atoms with Crippen molar-refractivity contribution in [2.45, 2.75) is 52.7 Å². The summed E-state index contributed by atoms with van der Waals surface area (Å²) in [4.78, 5) is 19.8. The van der Waals surface area contributed by atoms with E-state index in [2.05, 4.69) is 73.9 Å². The summed E-state index contributed by atoms with van der Waals surface area (Å²) in [6.07, 6.45) is 1.06. The molecule has 1 amide bonds. The van der Waals surface area contributed by atoms with E-state index in [4.69, 9.17) is 0 Å². The SMILES string of the molecule is Cc1cc(C(=O)N(C(C)C)C2CCN(Cc3ccccc3)C2)sc1C. The summed E-state index contributed by atoms with van der Waals surface area (Å²) in [5.74, 6) is 0.197. The molecule has 2 aromatic rings. The number of rotatable bonds is 5. The van der Waals surface area contributed by atoms with E-state index in [1.807, 2.05) is 0 Å². The zero-order valence-electron chi connectivity index (χ0n) is 15.7. The third kappa shape index (κ3) is 4.13. The molecule has 0 saturated carbocycles. The molecule has 0 bridgehead atoms. The van der Waals surface area contributed by atoms with Crippen LogP contribution in [0.2, 0.25) is 0 Å². The average molecular weight is 357 g/mol. The molecule has 25 heavy (non-hydrogen) atoms. The number of likely N-dealkylation sites (tertiary alicyclic amines) is 1. The number of amides is 1. The maximum atomic E-state index is 13.1. The summed E-state index contributed by atoms with van der Waals surface area (Å²) < 4.78 is 0. The average Bonchev–Trinajstić information content (AvgIpc) is 3.15. The van der Waals surface area contributed by atoms with Gasteiger partial charge in [0.25, 0.3) is 5.91 Å². The molecular formula is C21H28N2OS. The smallest absolute Gasteiger partial charge is 0.264 e. The van der Waals surface area contributed by atoms with Crippen LogP contribution in [0, 0.1) is 13.8 Å². The van der Waals surface area contributed by atoms with Crippen molar-refractivity contribution < 1.29 is 4.79 Å². The van der Waals surface area contributed by atoms with E-state index in [1.54, 1.807) is 11.3 Å². The van der Waals surface area contributed by atoms with E-state index in [-0.39, 0.29) is 11.9 Å². The van der Waals surface area contributed by atoms with Gasteiger partial charge >= 0.3 is 0 Å². The number of carbonyl (C=O) groups excluding carboxylic acids is 1. The second kappa shape index (κ2) is 7.71. The molecule has 3 rings (SSSR count). The number of aryl methyl sites for hydroxylation is 2. The summed E-state index contributed by atoms with van der Waals surface area (Å²) >= 11 is 1.63. The van der Waals surface area contributed by atoms with Crippen LogP contribution in [0.15, 0.2) is 36.4 Å². The number of benzene rings is 1. The number of hydrogen-bond acceptors (Lipinski definition) is 3. The molecule has 0 spiro atoms. The summed E-state index contributed by atoms with van der Waals surface area (Å²) in [5, 5.41) is 0. The Balaban J connectivity index is 1.70. The first kappa shape index (κ1) is 18.2. The largest absolute Gasteiger partial charge is 0.331 e. The summed E-state index contributed by atoms with van der Waals surface area (Å²) in [7, 11) is 0. The maximum Gasteiger partial charge on any atom is 0.264 e. The first-order valence-electron chi connectivity index (χ1n) is 9.11. The second-order valence-electron chi connectivity index (χ2n) is 7.32. The number of carbonyl (C=O) groups is 1. The zero-order chi connectivity index (χ0) is 18.0. The summed E-state index contributed by atoms with van der Waals surface area (Å²) in [6.45, 7) is 11.4. The van der Waals surface area contributed by atoms with Gasteiger partial charge < -0.3 is 4.90 Å². The van der Waals surface area contributed by atoms with E-state index in [0.29, 0.717) is 6.04 Å². The molecule has 0 aliphatic carbocycles. The lowest BCUT2D eigenvalue weighted by atomic mass is 10.1. The van der Waals surface area contributed by atoms with Crippen molar-refractivity contribution in [1.29, 1.82) is 0 Å². The van der Waals surface area contributed by atoms with Crippen molar-refractivity contribution in [3.63, 3.8) is 0 Å². The van der Waals surface area contributed by atoms with Gasteiger partial charge in [0, 0.05) is 36.6 Å². The Kier molecular flexibility index (Phi) is 5.60. The second-order valence-corrected chi connectivity index (χ2v) is 8.58. The Hall–Kier alpha value is -1.65. The lowest BCUT2D eigenvalue weighted by Crippen LogP contribution is -2.45. The van der Waals surface area contributed by atoms with Crippen LogP contribution in [-0.4, -0.2) is 40.9 Å². The molecule has 1 aliphatic rings. The van der Waals surface area contributed by atoms with Gasteiger partial charge in [-0.25, -0.2) is 0 Å². The third-order valence-corrected chi connectivity index (χ3v) is 6.20. The highest BCUT2D eigenvalue weighted by molar-refractivity contribution is 7.14. The normalized spacial score (nSPS) is 18.0. The molecule has 1 unspecified atom stereocenters. The van der Waals surface area contributed by atoms with Crippen molar-refractivity contribution in [1.82, 2.24) is 9.80 Å². The van der Waals surface area contributed by atoms with Crippen LogP contribution in [0.4, 0.5) is 0 Å². The van der Waals surface area contributed by atoms with Crippen LogP contribution in [0.3, 0.4) is 0 Å². The van der Waals surface area contributed by atoms with Gasteiger partial charge in [0.1, 0.15) is 0 Å². The van der Waals surface area contributed by atoms with Crippen LogP contribution in [0.1, 0.15) is 45.9 Å². The molecule has 1 aliphatic heterocycles. The first-order chi connectivity index (χ1) is 12.0. The zero-order valence-corrected chi connectivity index (χ0v) is 16.5. The Morgan fingerprint density at radius 3 is 2.60 bits per heavy atom. The molecule has 3 nitrogen and oxygen atoms in total. The Morgan fingerprint density at radius 1 is 1.28 bits per heavy atom. The monoisotopic (exact) mass is 356 g/mol. The van der Waals surface area contributed by atoms with Gasteiger partial charge in [0.05, 0.1) is 4.88 Å². The molecule has 4 heteroatoms. The van der Waals surface area contributed by atoms with E-state index >= 15 is 0 Å². The molecule has 1 fully saturated rings. The van der Waals surface area contributed by atoms with Gasteiger partial charge in [-0.2, -0.15) is 0 Å². The summed E-state index contributed by atoms with van der Waals surface area (Å²) in [6, 6.07) is 13.2.